The number of hydrogen-bond donors (Lipinski definition) is 1. The highest BCUT2D eigenvalue weighted by molar-refractivity contribution is 6.42. The summed E-state index contributed by atoms with van der Waals surface area (Å²) in [5, 5.41) is 3.93. The number of benzene rings is 2. The van der Waals surface area contributed by atoms with Crippen molar-refractivity contribution in [3.05, 3.63) is 69.2 Å². The number of carbonyl (C=O) groups is 2. The lowest BCUT2D eigenvalue weighted by Gasteiger charge is -2.31. The van der Waals surface area contributed by atoms with Gasteiger partial charge < -0.3 is 10.2 Å². The fourth-order valence-electron chi connectivity index (χ4n) is 3.53. The van der Waals surface area contributed by atoms with E-state index in [2.05, 4.69) is 36.5 Å². The quantitative estimate of drug-likeness (QED) is 0.418. The average molecular weight is 477 g/mol. The van der Waals surface area contributed by atoms with E-state index in [0.717, 1.165) is 24.0 Å². The van der Waals surface area contributed by atoms with Crippen LogP contribution in [0.4, 0.5) is 0 Å². The molecule has 0 heterocycles. The van der Waals surface area contributed by atoms with E-state index in [1.165, 1.54) is 5.56 Å². The standard InChI is InChI=1S/C26H34Cl2N2O2/c1-5-18(4)29-26(32)24(7-3)30(17-21-12-14-22(27)23(28)16-21)25(31)15-13-20-10-8-19(6-2)9-11-20/h8-12,14,16,18,24H,5-7,13,15,17H2,1-4H3,(H,29,32)/t18-,24+/m0/s1. The van der Waals surface area contributed by atoms with Gasteiger partial charge in [0.1, 0.15) is 6.04 Å². The van der Waals surface area contributed by atoms with Crippen LogP contribution >= 0.6 is 23.2 Å². The summed E-state index contributed by atoms with van der Waals surface area (Å²) in [6.07, 6.45) is 3.31. The molecule has 0 spiro atoms. The topological polar surface area (TPSA) is 49.4 Å². The van der Waals surface area contributed by atoms with Crippen LogP contribution in [-0.4, -0.2) is 28.8 Å². The molecule has 2 amide bonds. The van der Waals surface area contributed by atoms with Crippen LogP contribution in [0.15, 0.2) is 42.5 Å². The third kappa shape index (κ3) is 7.53. The average Bonchev–Trinajstić information content (AvgIpc) is 2.79. The molecule has 0 saturated carbocycles. The zero-order valence-corrected chi connectivity index (χ0v) is 21.0. The van der Waals surface area contributed by atoms with Gasteiger partial charge in [-0.05, 0) is 61.4 Å². The predicted octanol–water partition coefficient (Wildman–Crippen LogP) is 6.21. The van der Waals surface area contributed by atoms with Gasteiger partial charge in [0.05, 0.1) is 10.0 Å². The molecule has 32 heavy (non-hydrogen) atoms. The molecular weight excluding hydrogens is 443 g/mol. The molecule has 0 aromatic heterocycles. The predicted molar refractivity (Wildman–Crippen MR) is 133 cm³/mol. The summed E-state index contributed by atoms with van der Waals surface area (Å²) < 4.78 is 0. The molecule has 0 aliphatic carbocycles. The van der Waals surface area contributed by atoms with E-state index in [4.69, 9.17) is 23.2 Å². The highest BCUT2D eigenvalue weighted by Gasteiger charge is 2.29. The minimum absolute atomic E-state index is 0.0514. The molecule has 1 N–H and O–H groups in total. The highest BCUT2D eigenvalue weighted by Crippen LogP contribution is 2.24. The molecule has 2 atom stereocenters. The number of rotatable bonds is 11. The first-order valence-corrected chi connectivity index (χ1v) is 12.2. The number of nitrogens with zero attached hydrogens (tertiary/aromatic N) is 1. The molecule has 174 valence electrons. The SMILES string of the molecule is CCc1ccc(CCC(=O)N(Cc2ccc(Cl)c(Cl)c2)[C@H](CC)C(=O)N[C@@H](C)CC)cc1. The van der Waals surface area contributed by atoms with Crippen LogP contribution in [-0.2, 0) is 29.0 Å². The largest absolute Gasteiger partial charge is 0.352 e. The fourth-order valence-corrected chi connectivity index (χ4v) is 3.85. The molecule has 2 aromatic rings. The van der Waals surface area contributed by atoms with E-state index in [1.54, 1.807) is 17.0 Å². The van der Waals surface area contributed by atoms with Crippen molar-refractivity contribution in [2.75, 3.05) is 0 Å². The maximum atomic E-state index is 13.3. The van der Waals surface area contributed by atoms with Gasteiger partial charge in [-0.3, -0.25) is 9.59 Å². The Hall–Kier alpha value is -2.04. The van der Waals surface area contributed by atoms with E-state index in [1.807, 2.05) is 26.8 Å². The van der Waals surface area contributed by atoms with Crippen molar-refractivity contribution in [3.8, 4) is 0 Å². The summed E-state index contributed by atoms with van der Waals surface area (Å²) in [5.41, 5.74) is 3.23. The number of nitrogens with one attached hydrogen (secondary N) is 1. The number of carbonyl (C=O) groups excluding carboxylic acids is 2. The van der Waals surface area contributed by atoms with Crippen LogP contribution in [0, 0.1) is 0 Å². The maximum absolute atomic E-state index is 13.3. The molecule has 4 nitrogen and oxygen atoms in total. The van der Waals surface area contributed by atoms with Crippen molar-refractivity contribution in [3.63, 3.8) is 0 Å². The number of aryl methyl sites for hydroxylation is 2. The summed E-state index contributed by atoms with van der Waals surface area (Å²) in [4.78, 5) is 28.0. The summed E-state index contributed by atoms with van der Waals surface area (Å²) in [6, 6.07) is 13.2. The Morgan fingerprint density at radius 3 is 2.09 bits per heavy atom. The van der Waals surface area contributed by atoms with Crippen LogP contribution in [0.2, 0.25) is 10.0 Å². The minimum atomic E-state index is -0.548. The van der Waals surface area contributed by atoms with Gasteiger partial charge in [-0.2, -0.15) is 0 Å². The number of halogens is 2. The van der Waals surface area contributed by atoms with Gasteiger partial charge in [0, 0.05) is 19.0 Å². The smallest absolute Gasteiger partial charge is 0.243 e. The Kier molecular flexibility index (Phi) is 10.5. The fraction of sp³-hybridized carbons (Fsp3) is 0.462. The first kappa shape index (κ1) is 26.2. The number of amides is 2. The zero-order valence-electron chi connectivity index (χ0n) is 19.5. The second-order valence-electron chi connectivity index (χ2n) is 8.18. The van der Waals surface area contributed by atoms with Crippen LogP contribution in [0.1, 0.15) is 63.6 Å². The Bertz CT molecular complexity index is 899. The van der Waals surface area contributed by atoms with Crippen molar-refractivity contribution >= 4 is 35.0 Å². The van der Waals surface area contributed by atoms with E-state index in [0.29, 0.717) is 35.9 Å². The van der Waals surface area contributed by atoms with Crippen LogP contribution in [0.5, 0.6) is 0 Å². The molecule has 0 fully saturated rings. The molecule has 0 radical (unpaired) electrons. The summed E-state index contributed by atoms with van der Waals surface area (Å²) in [5.74, 6) is -0.177. The lowest BCUT2D eigenvalue weighted by atomic mass is 10.0. The van der Waals surface area contributed by atoms with E-state index in [9.17, 15) is 9.59 Å². The Morgan fingerprint density at radius 2 is 1.53 bits per heavy atom. The van der Waals surface area contributed by atoms with Gasteiger partial charge in [0.2, 0.25) is 11.8 Å². The van der Waals surface area contributed by atoms with Gasteiger partial charge in [-0.25, -0.2) is 0 Å². The maximum Gasteiger partial charge on any atom is 0.243 e. The third-order valence-corrected chi connectivity index (χ3v) is 6.52. The minimum Gasteiger partial charge on any atom is -0.352 e. The molecule has 2 aromatic carbocycles. The second-order valence-corrected chi connectivity index (χ2v) is 9.00. The lowest BCUT2D eigenvalue weighted by Crippen LogP contribution is -2.50. The Balaban J connectivity index is 2.22. The normalized spacial score (nSPS) is 12.8. The molecule has 0 bridgehead atoms. The van der Waals surface area contributed by atoms with E-state index in [-0.39, 0.29) is 17.9 Å². The van der Waals surface area contributed by atoms with Crippen molar-refractivity contribution in [2.45, 2.75) is 78.4 Å². The van der Waals surface area contributed by atoms with Gasteiger partial charge in [0.15, 0.2) is 0 Å². The van der Waals surface area contributed by atoms with Crippen molar-refractivity contribution in [1.29, 1.82) is 0 Å². The number of hydrogen-bond acceptors (Lipinski definition) is 2. The van der Waals surface area contributed by atoms with Crippen LogP contribution < -0.4 is 5.32 Å². The summed E-state index contributed by atoms with van der Waals surface area (Å²) >= 11 is 12.2. The summed E-state index contributed by atoms with van der Waals surface area (Å²) in [6.45, 7) is 8.34. The molecule has 2 rings (SSSR count). The van der Waals surface area contributed by atoms with Gasteiger partial charge in [-0.15, -0.1) is 0 Å². The third-order valence-electron chi connectivity index (χ3n) is 5.78. The molecule has 0 unspecified atom stereocenters. The monoisotopic (exact) mass is 476 g/mol. The van der Waals surface area contributed by atoms with Crippen molar-refractivity contribution in [2.24, 2.45) is 0 Å². The zero-order chi connectivity index (χ0) is 23.7. The molecular formula is C26H34Cl2N2O2. The Morgan fingerprint density at radius 1 is 0.906 bits per heavy atom. The van der Waals surface area contributed by atoms with Gasteiger partial charge in [-0.1, -0.05) is 74.3 Å². The summed E-state index contributed by atoms with van der Waals surface area (Å²) in [7, 11) is 0. The lowest BCUT2D eigenvalue weighted by molar-refractivity contribution is -0.141. The highest BCUT2D eigenvalue weighted by atomic mass is 35.5. The molecule has 0 aliphatic rings. The van der Waals surface area contributed by atoms with E-state index >= 15 is 0 Å². The van der Waals surface area contributed by atoms with Gasteiger partial charge in [0.25, 0.3) is 0 Å². The van der Waals surface area contributed by atoms with E-state index < -0.39 is 6.04 Å². The Labute approximate surface area is 202 Å². The molecule has 6 heteroatoms. The second kappa shape index (κ2) is 12.9. The first-order valence-electron chi connectivity index (χ1n) is 11.4. The van der Waals surface area contributed by atoms with Crippen molar-refractivity contribution in [1.82, 2.24) is 10.2 Å². The first-order chi connectivity index (χ1) is 15.3. The van der Waals surface area contributed by atoms with Crippen LogP contribution in [0.25, 0.3) is 0 Å². The molecule has 0 aliphatic heterocycles. The molecule has 0 saturated heterocycles. The van der Waals surface area contributed by atoms with Gasteiger partial charge >= 0.3 is 0 Å². The van der Waals surface area contributed by atoms with Crippen molar-refractivity contribution < 1.29 is 9.59 Å². The van der Waals surface area contributed by atoms with Crippen LogP contribution in [0.3, 0.4) is 0 Å².